The van der Waals surface area contributed by atoms with Gasteiger partial charge in [0.1, 0.15) is 18.3 Å². The first kappa shape index (κ1) is 11.8. The Morgan fingerprint density at radius 3 is 2.14 bits per heavy atom. The number of hydrogen-bond acceptors (Lipinski definition) is 8. The Morgan fingerprint density at radius 2 is 1.71 bits per heavy atom. The lowest BCUT2D eigenvalue weighted by atomic mass is 9.93. The minimum Gasteiger partial charge on any atom is -0.394 e. The maximum Gasteiger partial charge on any atom is 0.326 e. The predicted molar refractivity (Wildman–Crippen MR) is 40.3 cm³/mol. The summed E-state index contributed by atoms with van der Waals surface area (Å²) in [6.07, 6.45) is -5.21. The van der Waals surface area contributed by atoms with Crippen LogP contribution in [0.1, 0.15) is 0 Å². The first-order valence-corrected chi connectivity index (χ1v) is 3.85. The number of aliphatic hydroxyl groups excluding tert-OH is 3. The van der Waals surface area contributed by atoms with Crippen LogP contribution >= 0.6 is 0 Å². The van der Waals surface area contributed by atoms with Gasteiger partial charge in [0.05, 0.1) is 6.61 Å². The molecule has 1 aliphatic heterocycles. The lowest BCUT2D eigenvalue weighted by Gasteiger charge is -2.47. The van der Waals surface area contributed by atoms with Crippen LogP contribution in [0.3, 0.4) is 0 Å². The molecule has 0 radical (unpaired) electrons. The summed E-state index contributed by atoms with van der Waals surface area (Å²) in [5, 5.41) is 54.4. The molecule has 14 heavy (non-hydrogen) atoms. The van der Waals surface area contributed by atoms with Crippen LogP contribution in [0.2, 0.25) is 0 Å². The second-order valence-electron chi connectivity index (χ2n) is 3.21. The molecule has 84 valence electrons. The number of aliphatic hydroxyl groups is 6. The number of nitrogens with two attached hydrogens (primary N) is 1. The average molecular weight is 211 g/mol. The van der Waals surface area contributed by atoms with Crippen LogP contribution in [0.4, 0.5) is 0 Å². The second kappa shape index (κ2) is 3.36. The van der Waals surface area contributed by atoms with Crippen molar-refractivity contribution in [1.82, 2.24) is 0 Å². The molecule has 0 aromatic heterocycles. The summed E-state index contributed by atoms with van der Waals surface area (Å²) in [7, 11) is 0. The van der Waals surface area contributed by atoms with E-state index in [0.717, 1.165) is 0 Å². The highest BCUT2D eigenvalue weighted by molar-refractivity contribution is 4.99. The van der Waals surface area contributed by atoms with Crippen molar-refractivity contribution in [1.29, 1.82) is 0 Å². The molecular formula is C6H13NO7. The molecule has 4 atom stereocenters. The first-order chi connectivity index (χ1) is 6.24. The number of rotatable bonds is 1. The smallest absolute Gasteiger partial charge is 0.326 e. The number of hydrogen-bond donors (Lipinski definition) is 7. The highest BCUT2D eigenvalue weighted by Crippen LogP contribution is 2.30. The Balaban J connectivity index is 2.95. The Labute approximate surface area is 78.8 Å². The molecule has 0 bridgehead atoms. The summed E-state index contributed by atoms with van der Waals surface area (Å²) >= 11 is 0. The van der Waals surface area contributed by atoms with Crippen molar-refractivity contribution >= 4 is 0 Å². The topological polar surface area (TPSA) is 157 Å². The van der Waals surface area contributed by atoms with Crippen molar-refractivity contribution in [2.75, 3.05) is 6.61 Å². The van der Waals surface area contributed by atoms with Crippen molar-refractivity contribution < 1.29 is 35.4 Å². The minimum atomic E-state index is -3.24. The van der Waals surface area contributed by atoms with E-state index in [1.807, 2.05) is 0 Å². The fourth-order valence-corrected chi connectivity index (χ4v) is 1.18. The fraction of sp³-hybridized carbons (Fsp3) is 1.00. The fourth-order valence-electron chi connectivity index (χ4n) is 1.18. The van der Waals surface area contributed by atoms with Crippen LogP contribution in [0.5, 0.6) is 0 Å². The van der Waals surface area contributed by atoms with Gasteiger partial charge in [-0.25, -0.2) is 0 Å². The molecule has 4 unspecified atom stereocenters. The standard InChI is InChI=1S/C6H13NO7/c7-5(11)4(10)3(9)2(1-8)14-6(5,12)13/h2-4,8-13H,1,7H2. The normalized spacial score (nSPS) is 47.8. The van der Waals surface area contributed by atoms with E-state index in [4.69, 9.17) is 21.1 Å². The highest BCUT2D eigenvalue weighted by Gasteiger charge is 2.61. The number of ether oxygens (including phenoxy) is 1. The molecule has 0 aliphatic carbocycles. The molecule has 1 aliphatic rings. The molecule has 0 amide bonds. The first-order valence-electron chi connectivity index (χ1n) is 3.85. The van der Waals surface area contributed by atoms with Crippen LogP contribution in [0.25, 0.3) is 0 Å². The molecule has 0 spiro atoms. The van der Waals surface area contributed by atoms with E-state index in [9.17, 15) is 15.3 Å². The SMILES string of the molecule is NC1(O)C(O)C(O)C(CO)OC1(O)O. The van der Waals surface area contributed by atoms with Crippen LogP contribution in [0, 0.1) is 0 Å². The van der Waals surface area contributed by atoms with Crippen LogP contribution < -0.4 is 5.73 Å². The summed E-state index contributed by atoms with van der Waals surface area (Å²) in [5.74, 6) is -3.24. The summed E-state index contributed by atoms with van der Waals surface area (Å²) < 4.78 is 4.30. The molecule has 8 N–H and O–H groups in total. The molecule has 1 saturated heterocycles. The van der Waals surface area contributed by atoms with Gasteiger partial charge >= 0.3 is 5.97 Å². The van der Waals surface area contributed by atoms with Crippen molar-refractivity contribution in [2.45, 2.75) is 30.0 Å². The van der Waals surface area contributed by atoms with E-state index in [-0.39, 0.29) is 0 Å². The molecule has 1 heterocycles. The van der Waals surface area contributed by atoms with Crippen molar-refractivity contribution in [3.05, 3.63) is 0 Å². The van der Waals surface area contributed by atoms with Gasteiger partial charge in [0, 0.05) is 0 Å². The van der Waals surface area contributed by atoms with Gasteiger partial charge in [0.25, 0.3) is 0 Å². The van der Waals surface area contributed by atoms with Gasteiger partial charge in [-0.05, 0) is 0 Å². The van der Waals surface area contributed by atoms with E-state index >= 15 is 0 Å². The molecule has 8 nitrogen and oxygen atoms in total. The van der Waals surface area contributed by atoms with E-state index in [1.54, 1.807) is 0 Å². The Hall–Kier alpha value is -0.320. The molecule has 1 fully saturated rings. The van der Waals surface area contributed by atoms with Gasteiger partial charge in [-0.3, -0.25) is 5.73 Å². The Morgan fingerprint density at radius 1 is 1.21 bits per heavy atom. The third-order valence-corrected chi connectivity index (χ3v) is 2.17. The molecular weight excluding hydrogens is 198 g/mol. The van der Waals surface area contributed by atoms with Crippen molar-refractivity contribution in [3.8, 4) is 0 Å². The zero-order valence-electron chi connectivity index (χ0n) is 7.11. The molecule has 0 aromatic carbocycles. The zero-order chi connectivity index (χ0) is 11.1. The summed E-state index contributed by atoms with van der Waals surface area (Å²) in [6.45, 7) is -0.767. The van der Waals surface area contributed by atoms with E-state index in [0.29, 0.717) is 0 Å². The zero-order valence-corrected chi connectivity index (χ0v) is 7.11. The minimum absolute atomic E-state index is 0.767. The monoisotopic (exact) mass is 211 g/mol. The average Bonchev–Trinajstić information content (AvgIpc) is 2.09. The van der Waals surface area contributed by atoms with E-state index in [2.05, 4.69) is 4.74 Å². The van der Waals surface area contributed by atoms with Crippen LogP contribution in [-0.2, 0) is 4.74 Å². The van der Waals surface area contributed by atoms with Crippen molar-refractivity contribution in [3.63, 3.8) is 0 Å². The van der Waals surface area contributed by atoms with Crippen LogP contribution in [-0.4, -0.2) is 67.3 Å². The quantitative estimate of drug-likeness (QED) is 0.213. The second-order valence-corrected chi connectivity index (χ2v) is 3.21. The van der Waals surface area contributed by atoms with Gasteiger partial charge in [0.2, 0.25) is 5.72 Å². The van der Waals surface area contributed by atoms with Crippen LogP contribution in [0.15, 0.2) is 0 Å². The summed E-state index contributed by atoms with van der Waals surface area (Å²) in [6, 6.07) is 0. The Bertz CT molecular complexity index is 218. The summed E-state index contributed by atoms with van der Waals surface area (Å²) in [5.41, 5.74) is 2.01. The maximum atomic E-state index is 9.22. The predicted octanol–water partition coefficient (Wildman–Crippen LogP) is -4.61. The maximum absolute atomic E-state index is 9.22. The third-order valence-electron chi connectivity index (χ3n) is 2.17. The van der Waals surface area contributed by atoms with Crippen molar-refractivity contribution in [2.24, 2.45) is 5.73 Å². The van der Waals surface area contributed by atoms with Gasteiger partial charge < -0.3 is 35.4 Å². The van der Waals surface area contributed by atoms with Gasteiger partial charge in [-0.1, -0.05) is 0 Å². The molecule has 0 saturated carbocycles. The largest absolute Gasteiger partial charge is 0.394 e. The van der Waals surface area contributed by atoms with E-state index < -0.39 is 36.6 Å². The third kappa shape index (κ3) is 1.51. The molecule has 0 aromatic rings. The highest BCUT2D eigenvalue weighted by atomic mass is 16.8. The summed E-state index contributed by atoms with van der Waals surface area (Å²) in [4.78, 5) is 0. The molecule has 1 rings (SSSR count). The Kier molecular flexibility index (Phi) is 2.82. The molecule has 8 heteroatoms. The lowest BCUT2D eigenvalue weighted by molar-refractivity contribution is -0.467. The van der Waals surface area contributed by atoms with Gasteiger partial charge in [-0.2, -0.15) is 0 Å². The van der Waals surface area contributed by atoms with Gasteiger partial charge in [-0.15, -0.1) is 0 Å². The lowest BCUT2D eigenvalue weighted by Crippen LogP contribution is -2.77. The van der Waals surface area contributed by atoms with E-state index in [1.165, 1.54) is 0 Å². The van der Waals surface area contributed by atoms with Gasteiger partial charge in [0.15, 0.2) is 0 Å².